The molecule has 32 heavy (non-hydrogen) atoms. The smallest absolute Gasteiger partial charge is 0.326 e. The van der Waals surface area contributed by atoms with E-state index < -0.39 is 78.7 Å². The second kappa shape index (κ2) is 13.2. The molecule has 14 heteroatoms. The van der Waals surface area contributed by atoms with Gasteiger partial charge in [0.2, 0.25) is 17.7 Å². The Labute approximate surface area is 183 Å². The van der Waals surface area contributed by atoms with Crippen LogP contribution in [0.15, 0.2) is 0 Å². The van der Waals surface area contributed by atoms with Gasteiger partial charge in [0.15, 0.2) is 0 Å². The molecule has 9 N–H and O–H groups in total. The van der Waals surface area contributed by atoms with Crippen LogP contribution in [-0.2, 0) is 28.8 Å². The topological polar surface area (TPSA) is 245 Å². The third-order valence-electron chi connectivity index (χ3n) is 4.36. The van der Waals surface area contributed by atoms with Crippen LogP contribution in [-0.4, -0.2) is 86.3 Å². The van der Waals surface area contributed by atoms with Gasteiger partial charge in [0.1, 0.15) is 18.1 Å². The first-order chi connectivity index (χ1) is 14.7. The number of amides is 3. The van der Waals surface area contributed by atoms with Gasteiger partial charge in [-0.15, -0.1) is 0 Å². The highest BCUT2D eigenvalue weighted by Gasteiger charge is 2.33. The monoisotopic (exact) mass is 462 g/mol. The molecule has 0 aromatic rings. The molecular weight excluding hydrogens is 432 g/mol. The van der Waals surface area contributed by atoms with E-state index in [1.807, 2.05) is 5.32 Å². The molecule has 5 atom stereocenters. The van der Waals surface area contributed by atoms with E-state index in [0.29, 0.717) is 0 Å². The number of carboxylic acids is 3. The van der Waals surface area contributed by atoms with Crippen molar-refractivity contribution in [3.63, 3.8) is 0 Å². The Morgan fingerprint density at radius 2 is 1.31 bits per heavy atom. The Kier molecular flexibility index (Phi) is 11.9. The quantitative estimate of drug-likeness (QED) is 0.131. The zero-order valence-corrected chi connectivity index (χ0v) is 17.9. The number of carbonyl (C=O) groups is 6. The van der Waals surface area contributed by atoms with Gasteiger partial charge in [-0.2, -0.15) is 0 Å². The molecule has 0 radical (unpaired) electrons. The van der Waals surface area contributed by atoms with Crippen molar-refractivity contribution < 1.29 is 49.2 Å². The van der Waals surface area contributed by atoms with Crippen LogP contribution in [0.4, 0.5) is 0 Å². The van der Waals surface area contributed by atoms with Crippen LogP contribution in [0.25, 0.3) is 0 Å². The minimum atomic E-state index is -1.83. The first kappa shape index (κ1) is 28.7. The van der Waals surface area contributed by atoms with Gasteiger partial charge in [-0.05, 0) is 19.3 Å². The fraction of sp³-hybridized carbons (Fsp3) is 0.667. The molecule has 5 unspecified atom stereocenters. The molecular formula is C18H30N4O10. The predicted molar refractivity (Wildman–Crippen MR) is 107 cm³/mol. The summed E-state index contributed by atoms with van der Waals surface area (Å²) in [5, 5.41) is 42.9. The van der Waals surface area contributed by atoms with E-state index in [1.54, 1.807) is 13.8 Å². The fourth-order valence-corrected chi connectivity index (χ4v) is 2.40. The van der Waals surface area contributed by atoms with Crippen LogP contribution < -0.4 is 21.7 Å². The van der Waals surface area contributed by atoms with E-state index in [2.05, 4.69) is 10.6 Å². The van der Waals surface area contributed by atoms with Gasteiger partial charge in [-0.25, -0.2) is 4.79 Å². The first-order valence-electron chi connectivity index (χ1n) is 9.68. The zero-order chi connectivity index (χ0) is 25.2. The van der Waals surface area contributed by atoms with Gasteiger partial charge >= 0.3 is 17.9 Å². The standard InChI is InChI=1S/C18H30N4O10/c1-7(2)13(19)16(29)20-9(4-5-11(24)25)15(28)22-14(8(3)23)17(30)21-10(18(31)32)6-12(26)27/h7-10,13-14,23H,4-6,19H2,1-3H3,(H,20,29)(H,21,30)(H,22,28)(H,24,25)(H,26,27)(H,31,32). The lowest BCUT2D eigenvalue weighted by Gasteiger charge is -2.26. The number of hydrogen-bond acceptors (Lipinski definition) is 8. The molecule has 0 aliphatic carbocycles. The lowest BCUT2D eigenvalue weighted by molar-refractivity contribution is -0.148. The van der Waals surface area contributed by atoms with Crippen molar-refractivity contribution in [1.29, 1.82) is 0 Å². The molecule has 0 aromatic heterocycles. The lowest BCUT2D eigenvalue weighted by Crippen LogP contribution is -2.60. The number of nitrogens with one attached hydrogen (secondary N) is 3. The Morgan fingerprint density at radius 3 is 1.72 bits per heavy atom. The molecule has 0 fully saturated rings. The minimum absolute atomic E-state index is 0.295. The zero-order valence-electron chi connectivity index (χ0n) is 17.9. The number of aliphatic hydroxyl groups is 1. The molecule has 0 rings (SSSR count). The van der Waals surface area contributed by atoms with Gasteiger partial charge < -0.3 is 42.1 Å². The van der Waals surface area contributed by atoms with Gasteiger partial charge in [-0.3, -0.25) is 24.0 Å². The Hall–Kier alpha value is -3.26. The highest BCUT2D eigenvalue weighted by Crippen LogP contribution is 2.05. The van der Waals surface area contributed by atoms with E-state index >= 15 is 0 Å². The minimum Gasteiger partial charge on any atom is -0.481 e. The van der Waals surface area contributed by atoms with Crippen molar-refractivity contribution in [3.8, 4) is 0 Å². The summed E-state index contributed by atoms with van der Waals surface area (Å²) in [6.45, 7) is 4.41. The van der Waals surface area contributed by atoms with Crippen molar-refractivity contribution >= 4 is 35.6 Å². The Balaban J connectivity index is 5.51. The molecule has 0 saturated carbocycles. The molecule has 0 aliphatic heterocycles. The number of carbonyl (C=O) groups excluding carboxylic acids is 3. The summed E-state index contributed by atoms with van der Waals surface area (Å²) < 4.78 is 0. The first-order valence-corrected chi connectivity index (χ1v) is 9.68. The van der Waals surface area contributed by atoms with Gasteiger partial charge in [0.25, 0.3) is 0 Å². The number of aliphatic carboxylic acids is 3. The Morgan fingerprint density at radius 1 is 0.781 bits per heavy atom. The fourth-order valence-electron chi connectivity index (χ4n) is 2.40. The number of hydrogen-bond donors (Lipinski definition) is 8. The summed E-state index contributed by atoms with van der Waals surface area (Å²) in [4.78, 5) is 70.0. The average Bonchev–Trinajstić information content (AvgIpc) is 2.66. The molecule has 0 aromatic carbocycles. The highest BCUT2D eigenvalue weighted by molar-refractivity contribution is 5.95. The Bertz CT molecular complexity index is 725. The third-order valence-corrected chi connectivity index (χ3v) is 4.36. The third kappa shape index (κ3) is 10.2. The summed E-state index contributed by atoms with van der Waals surface area (Å²) in [5.41, 5.74) is 5.72. The van der Waals surface area contributed by atoms with E-state index in [-0.39, 0.29) is 12.3 Å². The average molecular weight is 462 g/mol. The maximum Gasteiger partial charge on any atom is 0.326 e. The van der Waals surface area contributed by atoms with E-state index in [1.165, 1.54) is 0 Å². The number of carboxylic acid groups (broad SMARTS) is 3. The molecule has 182 valence electrons. The van der Waals surface area contributed by atoms with Crippen LogP contribution in [0.5, 0.6) is 0 Å². The van der Waals surface area contributed by atoms with Gasteiger partial charge in [-0.1, -0.05) is 13.8 Å². The molecule has 14 nitrogen and oxygen atoms in total. The maximum atomic E-state index is 12.6. The molecule has 0 heterocycles. The number of nitrogens with two attached hydrogens (primary N) is 1. The molecule has 0 spiro atoms. The van der Waals surface area contributed by atoms with E-state index in [4.69, 9.17) is 21.1 Å². The van der Waals surface area contributed by atoms with Crippen molar-refractivity contribution in [2.75, 3.05) is 0 Å². The summed E-state index contributed by atoms with van der Waals surface area (Å²) >= 11 is 0. The lowest BCUT2D eigenvalue weighted by atomic mass is 10.0. The van der Waals surface area contributed by atoms with E-state index in [9.17, 15) is 33.9 Å². The summed E-state index contributed by atoms with van der Waals surface area (Å²) in [5.74, 6) is -7.66. The van der Waals surface area contributed by atoms with Crippen LogP contribution >= 0.6 is 0 Å². The van der Waals surface area contributed by atoms with Gasteiger partial charge in [0.05, 0.1) is 18.6 Å². The molecule has 0 saturated heterocycles. The second-order valence-corrected chi connectivity index (χ2v) is 7.49. The molecule has 3 amide bonds. The second-order valence-electron chi connectivity index (χ2n) is 7.49. The predicted octanol–water partition coefficient (Wildman–Crippen LogP) is -2.77. The van der Waals surface area contributed by atoms with Crippen molar-refractivity contribution in [1.82, 2.24) is 16.0 Å². The largest absolute Gasteiger partial charge is 0.481 e. The molecule has 0 bridgehead atoms. The highest BCUT2D eigenvalue weighted by atomic mass is 16.4. The van der Waals surface area contributed by atoms with Crippen molar-refractivity contribution in [3.05, 3.63) is 0 Å². The summed E-state index contributed by atoms with van der Waals surface area (Å²) in [7, 11) is 0. The van der Waals surface area contributed by atoms with Crippen LogP contribution in [0.1, 0.15) is 40.0 Å². The van der Waals surface area contributed by atoms with Gasteiger partial charge in [0, 0.05) is 6.42 Å². The van der Waals surface area contributed by atoms with Crippen LogP contribution in [0, 0.1) is 5.92 Å². The normalized spacial score (nSPS) is 15.6. The number of aliphatic hydroxyl groups excluding tert-OH is 1. The maximum absolute atomic E-state index is 12.6. The molecule has 0 aliphatic rings. The SMILES string of the molecule is CC(C)C(N)C(=O)NC(CCC(=O)O)C(=O)NC(C(=O)NC(CC(=O)O)C(=O)O)C(C)O. The number of rotatable bonds is 14. The van der Waals surface area contributed by atoms with Crippen molar-refractivity contribution in [2.45, 2.75) is 70.3 Å². The van der Waals surface area contributed by atoms with Crippen LogP contribution in [0.2, 0.25) is 0 Å². The van der Waals surface area contributed by atoms with E-state index in [0.717, 1.165) is 6.92 Å². The summed E-state index contributed by atoms with van der Waals surface area (Å²) in [6.07, 6.45) is -3.37. The summed E-state index contributed by atoms with van der Waals surface area (Å²) in [6, 6.07) is -5.98. The van der Waals surface area contributed by atoms with Crippen LogP contribution in [0.3, 0.4) is 0 Å². The van der Waals surface area contributed by atoms with Crippen molar-refractivity contribution in [2.24, 2.45) is 11.7 Å².